The van der Waals surface area contributed by atoms with Crippen LogP contribution in [-0.2, 0) is 12.8 Å². The molecule has 4 nitrogen and oxygen atoms in total. The average molecular weight is 289 g/mol. The summed E-state index contributed by atoms with van der Waals surface area (Å²) in [6.07, 6.45) is 1.88. The van der Waals surface area contributed by atoms with Crippen LogP contribution in [0.25, 0.3) is 0 Å². The van der Waals surface area contributed by atoms with Gasteiger partial charge >= 0.3 is 5.97 Å². The van der Waals surface area contributed by atoms with Crippen molar-refractivity contribution >= 4 is 23.4 Å². The van der Waals surface area contributed by atoms with E-state index in [1.165, 1.54) is 17.2 Å². The van der Waals surface area contributed by atoms with Crippen molar-refractivity contribution in [3.05, 3.63) is 58.2 Å². The number of hydrogen-bond donors (Lipinski definition) is 2. The lowest BCUT2D eigenvalue weighted by Gasteiger charge is -2.13. The Labute approximate surface area is 121 Å². The van der Waals surface area contributed by atoms with E-state index in [0.717, 1.165) is 12.8 Å². The molecule has 0 fully saturated rings. The summed E-state index contributed by atoms with van der Waals surface area (Å²) in [5, 5.41) is 12.2. The molecule has 0 amide bonds. The highest BCUT2D eigenvalue weighted by Gasteiger charge is 2.21. The topological polar surface area (TPSA) is 62.2 Å². The summed E-state index contributed by atoms with van der Waals surface area (Å²) in [4.78, 5) is 15.0. The zero-order chi connectivity index (χ0) is 14.1. The van der Waals surface area contributed by atoms with Crippen molar-refractivity contribution in [1.29, 1.82) is 0 Å². The molecule has 102 valence electrons. The van der Waals surface area contributed by atoms with Gasteiger partial charge in [-0.05, 0) is 36.1 Å². The minimum absolute atomic E-state index is 0.0120. The average Bonchev–Trinajstić information content (AvgIpc) is 2.80. The van der Waals surface area contributed by atoms with E-state index < -0.39 is 5.97 Å². The molecule has 0 radical (unpaired) electrons. The number of nitrogens with zero attached hydrogens (tertiary/aromatic N) is 1. The number of nitrogens with one attached hydrogen (secondary N) is 1. The number of rotatable bonds is 3. The van der Waals surface area contributed by atoms with Crippen molar-refractivity contribution in [2.24, 2.45) is 0 Å². The molecule has 2 aromatic rings. The first kappa shape index (κ1) is 12.9. The summed E-state index contributed by atoms with van der Waals surface area (Å²) in [6.45, 7) is 0. The number of carboxylic acid groups (broad SMARTS) is 1. The Kier molecular flexibility index (Phi) is 3.32. The minimum Gasteiger partial charge on any atom is -0.478 e. The maximum absolute atomic E-state index is 10.9. The third kappa shape index (κ3) is 2.47. The van der Waals surface area contributed by atoms with Gasteiger partial charge in [-0.25, -0.2) is 9.78 Å². The summed E-state index contributed by atoms with van der Waals surface area (Å²) >= 11 is 5.87. The van der Waals surface area contributed by atoms with Gasteiger partial charge in [-0.2, -0.15) is 0 Å². The van der Waals surface area contributed by atoms with Crippen LogP contribution in [0.4, 0.5) is 5.82 Å². The number of hydrogen-bond acceptors (Lipinski definition) is 3. The molecule has 20 heavy (non-hydrogen) atoms. The summed E-state index contributed by atoms with van der Waals surface area (Å²) in [6, 6.07) is 11.7. The Bertz CT molecular complexity index is 648. The van der Waals surface area contributed by atoms with E-state index in [9.17, 15) is 4.79 Å². The van der Waals surface area contributed by atoms with Crippen LogP contribution in [-0.4, -0.2) is 22.1 Å². The van der Waals surface area contributed by atoms with Gasteiger partial charge in [-0.15, -0.1) is 0 Å². The minimum atomic E-state index is -1.07. The van der Waals surface area contributed by atoms with Gasteiger partial charge in [0.05, 0.1) is 5.56 Å². The van der Waals surface area contributed by atoms with Gasteiger partial charge in [0.25, 0.3) is 0 Å². The molecular weight excluding hydrogens is 276 g/mol. The third-order valence-electron chi connectivity index (χ3n) is 3.48. The van der Waals surface area contributed by atoms with Crippen molar-refractivity contribution in [3.8, 4) is 0 Å². The lowest BCUT2D eigenvalue weighted by molar-refractivity contribution is 0.0696. The highest BCUT2D eigenvalue weighted by Crippen LogP contribution is 2.25. The van der Waals surface area contributed by atoms with Gasteiger partial charge in [-0.1, -0.05) is 35.9 Å². The largest absolute Gasteiger partial charge is 0.478 e. The van der Waals surface area contributed by atoms with Crippen molar-refractivity contribution in [1.82, 2.24) is 4.98 Å². The fourth-order valence-electron chi connectivity index (χ4n) is 2.54. The predicted octanol–water partition coefficient (Wildman–Crippen LogP) is 3.01. The van der Waals surface area contributed by atoms with E-state index in [4.69, 9.17) is 16.7 Å². The molecule has 0 saturated carbocycles. The normalized spacial score (nSPS) is 14.1. The van der Waals surface area contributed by atoms with E-state index in [1.54, 1.807) is 6.07 Å². The van der Waals surface area contributed by atoms with Crippen LogP contribution < -0.4 is 5.32 Å². The van der Waals surface area contributed by atoms with Crippen molar-refractivity contribution in [2.75, 3.05) is 5.32 Å². The van der Waals surface area contributed by atoms with E-state index in [2.05, 4.69) is 22.4 Å². The molecule has 1 aliphatic carbocycles. The first-order valence-corrected chi connectivity index (χ1v) is 6.74. The fraction of sp³-hybridized carbons (Fsp3) is 0.200. The van der Waals surface area contributed by atoms with E-state index in [-0.39, 0.29) is 16.8 Å². The van der Waals surface area contributed by atoms with Gasteiger partial charge in [0.1, 0.15) is 11.0 Å². The Morgan fingerprint density at radius 2 is 1.85 bits per heavy atom. The number of aromatic nitrogens is 1. The zero-order valence-electron chi connectivity index (χ0n) is 10.6. The van der Waals surface area contributed by atoms with Gasteiger partial charge in [0, 0.05) is 6.04 Å². The molecule has 0 saturated heterocycles. The molecule has 5 heteroatoms. The van der Waals surface area contributed by atoms with Crippen molar-refractivity contribution in [3.63, 3.8) is 0 Å². The number of benzene rings is 1. The Balaban J connectivity index is 1.74. The van der Waals surface area contributed by atoms with Crippen LogP contribution in [0.2, 0.25) is 5.15 Å². The molecule has 1 heterocycles. The van der Waals surface area contributed by atoms with E-state index in [1.807, 2.05) is 12.1 Å². The van der Waals surface area contributed by atoms with Crippen LogP contribution >= 0.6 is 11.6 Å². The Morgan fingerprint density at radius 1 is 1.20 bits per heavy atom. The van der Waals surface area contributed by atoms with Gasteiger partial charge in [-0.3, -0.25) is 0 Å². The quantitative estimate of drug-likeness (QED) is 0.852. The summed E-state index contributed by atoms with van der Waals surface area (Å²) in [5.41, 5.74) is 2.71. The van der Waals surface area contributed by atoms with Crippen molar-refractivity contribution < 1.29 is 9.90 Å². The molecule has 1 aromatic heterocycles. The van der Waals surface area contributed by atoms with Crippen LogP contribution in [0.15, 0.2) is 36.4 Å². The van der Waals surface area contributed by atoms with Gasteiger partial charge < -0.3 is 10.4 Å². The molecule has 3 rings (SSSR count). The second kappa shape index (κ2) is 5.13. The van der Waals surface area contributed by atoms with Crippen LogP contribution in [0.3, 0.4) is 0 Å². The lowest BCUT2D eigenvalue weighted by atomic mass is 10.1. The molecule has 0 aliphatic heterocycles. The first-order valence-electron chi connectivity index (χ1n) is 6.36. The summed E-state index contributed by atoms with van der Waals surface area (Å²) in [7, 11) is 0. The number of fused-ring (bicyclic) bond motifs is 1. The van der Waals surface area contributed by atoms with Crippen LogP contribution in [0, 0.1) is 0 Å². The number of anilines is 1. The second-order valence-corrected chi connectivity index (χ2v) is 5.22. The predicted molar refractivity (Wildman–Crippen MR) is 77.5 cm³/mol. The molecule has 1 aliphatic rings. The molecule has 0 bridgehead atoms. The number of aromatic carboxylic acids is 1. The monoisotopic (exact) mass is 288 g/mol. The molecule has 0 atom stereocenters. The van der Waals surface area contributed by atoms with Crippen LogP contribution in [0.1, 0.15) is 21.5 Å². The highest BCUT2D eigenvalue weighted by atomic mass is 35.5. The molecule has 0 spiro atoms. The molecular formula is C15H13ClN2O2. The zero-order valence-corrected chi connectivity index (χ0v) is 11.4. The van der Waals surface area contributed by atoms with Crippen LogP contribution in [0.5, 0.6) is 0 Å². The number of carboxylic acids is 1. The van der Waals surface area contributed by atoms with Gasteiger partial charge in [0.2, 0.25) is 0 Å². The van der Waals surface area contributed by atoms with E-state index in [0.29, 0.717) is 5.82 Å². The molecule has 0 unspecified atom stereocenters. The molecule has 1 aromatic carbocycles. The maximum atomic E-state index is 10.9. The smallest absolute Gasteiger partial charge is 0.338 e. The third-order valence-corrected chi connectivity index (χ3v) is 3.77. The first-order chi connectivity index (χ1) is 9.63. The highest BCUT2D eigenvalue weighted by molar-refractivity contribution is 6.32. The maximum Gasteiger partial charge on any atom is 0.338 e. The van der Waals surface area contributed by atoms with Gasteiger partial charge in [0.15, 0.2) is 0 Å². The SMILES string of the molecule is O=C(O)c1ccc(NC2Cc3ccccc3C2)nc1Cl. The number of pyridine rings is 1. The summed E-state index contributed by atoms with van der Waals surface area (Å²) in [5.74, 6) is -0.458. The standard InChI is InChI=1S/C15H13ClN2O2/c16-14-12(15(19)20)5-6-13(18-14)17-11-7-9-3-1-2-4-10(9)8-11/h1-6,11H,7-8H2,(H,17,18)(H,19,20). The summed E-state index contributed by atoms with van der Waals surface area (Å²) < 4.78 is 0. The molecule has 2 N–H and O–H groups in total. The van der Waals surface area contributed by atoms with E-state index >= 15 is 0 Å². The Hall–Kier alpha value is -2.07. The number of carbonyl (C=O) groups is 1. The Morgan fingerprint density at radius 3 is 2.40 bits per heavy atom. The second-order valence-electron chi connectivity index (χ2n) is 4.86. The lowest BCUT2D eigenvalue weighted by Crippen LogP contribution is -2.20. The van der Waals surface area contributed by atoms with Crippen molar-refractivity contribution in [2.45, 2.75) is 18.9 Å². The number of halogens is 1. The fourth-order valence-corrected chi connectivity index (χ4v) is 2.78.